The maximum atomic E-state index is 12.4. The Morgan fingerprint density at radius 3 is 2.79 bits per heavy atom. The van der Waals surface area contributed by atoms with Gasteiger partial charge < -0.3 is 14.7 Å². The van der Waals surface area contributed by atoms with E-state index in [1.54, 1.807) is 13.0 Å². The predicted molar refractivity (Wildman–Crippen MR) is 74.9 cm³/mol. The predicted octanol–water partition coefficient (Wildman–Crippen LogP) is 2.60. The van der Waals surface area contributed by atoms with E-state index < -0.39 is 11.5 Å². The number of carbonyl (C=O) groups is 2. The zero-order chi connectivity index (χ0) is 14.2. The maximum absolute atomic E-state index is 12.4. The summed E-state index contributed by atoms with van der Waals surface area (Å²) < 4.78 is 5.85. The van der Waals surface area contributed by atoms with Gasteiger partial charge in [0.05, 0.1) is 12.0 Å². The van der Waals surface area contributed by atoms with E-state index in [9.17, 15) is 14.7 Å². The third kappa shape index (κ3) is 2.36. The Labute approximate surface area is 123 Å². The number of aliphatic carboxylic acids is 1. The van der Waals surface area contributed by atoms with Gasteiger partial charge in [0.1, 0.15) is 15.1 Å². The first kappa shape index (κ1) is 14.3. The number of hydrogen-bond acceptors (Lipinski definition) is 4. The molecule has 0 aromatic carbocycles. The van der Waals surface area contributed by atoms with E-state index in [0.29, 0.717) is 30.0 Å². The minimum atomic E-state index is -1.11. The van der Waals surface area contributed by atoms with E-state index in [-0.39, 0.29) is 5.91 Å². The molecule has 2 rings (SSSR count). The molecule has 1 aliphatic heterocycles. The lowest BCUT2D eigenvalue weighted by atomic mass is 9.99. The fourth-order valence-electron chi connectivity index (χ4n) is 2.24. The number of carboxylic acid groups (broad SMARTS) is 1. The van der Waals surface area contributed by atoms with Crippen LogP contribution in [-0.2, 0) is 4.79 Å². The number of methoxy groups -OCH3 is 1. The van der Waals surface area contributed by atoms with Gasteiger partial charge in [0.25, 0.3) is 5.91 Å². The summed E-state index contributed by atoms with van der Waals surface area (Å²) in [4.78, 5) is 25.7. The number of rotatable bonds is 3. The second kappa shape index (κ2) is 5.13. The first-order chi connectivity index (χ1) is 8.90. The van der Waals surface area contributed by atoms with Crippen LogP contribution in [0.2, 0.25) is 0 Å². The van der Waals surface area contributed by atoms with E-state index in [4.69, 9.17) is 4.74 Å². The molecule has 1 amide bonds. The normalized spacial score (nSPS) is 22.6. The molecule has 1 saturated heterocycles. The number of carbonyl (C=O) groups excluding carboxylic acids is 1. The lowest BCUT2D eigenvalue weighted by molar-refractivity contribution is -0.147. The summed E-state index contributed by atoms with van der Waals surface area (Å²) in [5, 5.41) is 9.32. The van der Waals surface area contributed by atoms with Gasteiger partial charge >= 0.3 is 5.97 Å². The summed E-state index contributed by atoms with van der Waals surface area (Å²) in [7, 11) is 1.53. The highest BCUT2D eigenvalue weighted by Gasteiger charge is 2.46. The van der Waals surface area contributed by atoms with E-state index >= 15 is 0 Å². The molecule has 1 aromatic rings. The van der Waals surface area contributed by atoms with Gasteiger partial charge in [0.15, 0.2) is 0 Å². The SMILES string of the molecule is COc1cc(C(=O)N2CCCC2(C)C(=O)O)sc1Br. The van der Waals surface area contributed by atoms with E-state index in [1.165, 1.54) is 23.3 Å². The molecular weight excluding hydrogens is 334 g/mol. The Morgan fingerprint density at radius 2 is 2.26 bits per heavy atom. The minimum absolute atomic E-state index is 0.253. The summed E-state index contributed by atoms with van der Waals surface area (Å²) in [6, 6.07) is 1.64. The summed E-state index contributed by atoms with van der Waals surface area (Å²) in [6.45, 7) is 2.07. The van der Waals surface area contributed by atoms with E-state index in [0.717, 1.165) is 3.79 Å². The average Bonchev–Trinajstić information content (AvgIpc) is 2.92. The number of hydrogen-bond donors (Lipinski definition) is 1. The third-order valence-electron chi connectivity index (χ3n) is 3.43. The fraction of sp³-hybridized carbons (Fsp3) is 0.500. The molecule has 1 N–H and O–H groups in total. The van der Waals surface area contributed by atoms with Gasteiger partial charge in [-0.15, -0.1) is 11.3 Å². The number of likely N-dealkylation sites (tertiary alicyclic amines) is 1. The third-order valence-corrected chi connectivity index (χ3v) is 5.20. The van der Waals surface area contributed by atoms with Crippen LogP contribution < -0.4 is 4.74 Å². The van der Waals surface area contributed by atoms with Gasteiger partial charge in [-0.05, 0) is 35.7 Å². The molecule has 0 spiro atoms. The molecule has 2 heterocycles. The molecule has 1 aliphatic rings. The van der Waals surface area contributed by atoms with Crippen LogP contribution in [0.3, 0.4) is 0 Å². The minimum Gasteiger partial charge on any atom is -0.495 e. The van der Waals surface area contributed by atoms with E-state index in [2.05, 4.69) is 15.9 Å². The number of ether oxygens (including phenoxy) is 1. The molecule has 5 nitrogen and oxygen atoms in total. The van der Waals surface area contributed by atoms with Gasteiger partial charge in [-0.3, -0.25) is 4.79 Å². The first-order valence-electron chi connectivity index (χ1n) is 5.79. The Hall–Kier alpha value is -1.08. The van der Waals surface area contributed by atoms with Crippen LogP contribution >= 0.6 is 27.3 Å². The van der Waals surface area contributed by atoms with Crippen LogP contribution in [0.15, 0.2) is 9.85 Å². The van der Waals surface area contributed by atoms with Crippen LogP contribution in [-0.4, -0.2) is 41.1 Å². The van der Waals surface area contributed by atoms with Crippen molar-refractivity contribution in [3.8, 4) is 5.75 Å². The van der Waals surface area contributed by atoms with Crippen molar-refractivity contribution in [3.05, 3.63) is 14.7 Å². The molecule has 7 heteroatoms. The zero-order valence-electron chi connectivity index (χ0n) is 10.6. The lowest BCUT2D eigenvalue weighted by Crippen LogP contribution is -2.50. The highest BCUT2D eigenvalue weighted by atomic mass is 79.9. The van der Waals surface area contributed by atoms with Crippen LogP contribution in [0.4, 0.5) is 0 Å². The smallest absolute Gasteiger partial charge is 0.329 e. The molecular formula is C12H14BrNO4S. The molecule has 0 bridgehead atoms. The molecule has 1 atom stereocenters. The lowest BCUT2D eigenvalue weighted by Gasteiger charge is -2.30. The molecule has 19 heavy (non-hydrogen) atoms. The second-order valence-corrected chi connectivity index (χ2v) is 6.96. The maximum Gasteiger partial charge on any atom is 0.329 e. The van der Waals surface area contributed by atoms with Crippen molar-refractivity contribution >= 4 is 39.1 Å². The number of nitrogens with zero attached hydrogens (tertiary/aromatic N) is 1. The van der Waals surface area contributed by atoms with Crippen LogP contribution in [0, 0.1) is 0 Å². The van der Waals surface area contributed by atoms with Crippen LogP contribution in [0.25, 0.3) is 0 Å². The molecule has 0 aliphatic carbocycles. The second-order valence-electron chi connectivity index (χ2n) is 4.59. The Kier molecular flexibility index (Phi) is 3.87. The van der Waals surface area contributed by atoms with Gasteiger partial charge in [0.2, 0.25) is 0 Å². The van der Waals surface area contributed by atoms with Crippen molar-refractivity contribution in [2.24, 2.45) is 0 Å². The fourth-order valence-corrected chi connectivity index (χ4v) is 3.84. The van der Waals surface area contributed by atoms with Gasteiger partial charge in [-0.2, -0.15) is 0 Å². The number of amides is 1. The van der Waals surface area contributed by atoms with Crippen molar-refractivity contribution in [1.82, 2.24) is 4.90 Å². The Bertz CT molecular complexity index is 530. The summed E-state index contributed by atoms with van der Waals surface area (Å²) in [5.74, 6) is -0.623. The molecule has 0 radical (unpaired) electrons. The quantitative estimate of drug-likeness (QED) is 0.912. The van der Waals surface area contributed by atoms with Crippen molar-refractivity contribution in [3.63, 3.8) is 0 Å². The molecule has 0 saturated carbocycles. The molecule has 1 unspecified atom stereocenters. The number of carboxylic acids is 1. The molecule has 1 aromatic heterocycles. The monoisotopic (exact) mass is 347 g/mol. The largest absolute Gasteiger partial charge is 0.495 e. The highest BCUT2D eigenvalue weighted by Crippen LogP contribution is 2.37. The van der Waals surface area contributed by atoms with Crippen molar-refractivity contribution in [2.75, 3.05) is 13.7 Å². The molecule has 104 valence electrons. The van der Waals surface area contributed by atoms with Gasteiger partial charge in [-0.1, -0.05) is 0 Å². The van der Waals surface area contributed by atoms with Crippen LogP contribution in [0.5, 0.6) is 5.75 Å². The molecule has 1 fully saturated rings. The van der Waals surface area contributed by atoms with Gasteiger partial charge in [0, 0.05) is 12.6 Å². The Morgan fingerprint density at radius 1 is 1.58 bits per heavy atom. The zero-order valence-corrected chi connectivity index (χ0v) is 13.0. The van der Waals surface area contributed by atoms with Crippen molar-refractivity contribution < 1.29 is 19.4 Å². The average molecular weight is 348 g/mol. The summed E-state index contributed by atoms with van der Waals surface area (Å²) in [5.41, 5.74) is -1.11. The summed E-state index contributed by atoms with van der Waals surface area (Å²) in [6.07, 6.45) is 1.19. The van der Waals surface area contributed by atoms with Gasteiger partial charge in [-0.25, -0.2) is 4.79 Å². The topological polar surface area (TPSA) is 66.8 Å². The number of halogens is 1. The standard InChI is InChI=1S/C12H14BrNO4S/c1-12(11(16)17)4-3-5-14(12)10(15)8-6-7(18-2)9(13)19-8/h6H,3-5H2,1-2H3,(H,16,17). The van der Waals surface area contributed by atoms with Crippen LogP contribution in [0.1, 0.15) is 29.4 Å². The first-order valence-corrected chi connectivity index (χ1v) is 7.40. The van der Waals surface area contributed by atoms with Crippen molar-refractivity contribution in [1.29, 1.82) is 0 Å². The Balaban J connectivity index is 2.30. The number of thiophene rings is 1. The van der Waals surface area contributed by atoms with Crippen molar-refractivity contribution in [2.45, 2.75) is 25.3 Å². The highest BCUT2D eigenvalue weighted by molar-refractivity contribution is 9.11. The van der Waals surface area contributed by atoms with E-state index in [1.807, 2.05) is 0 Å². The summed E-state index contributed by atoms with van der Waals surface area (Å²) >= 11 is 4.57.